The molecule has 0 aliphatic heterocycles. The zero-order valence-electron chi connectivity index (χ0n) is 20.6. The lowest BCUT2D eigenvalue weighted by atomic mass is 10.0. The number of carbonyl (C=O) groups is 4. The molecular formula is C25H28FN5O6. The number of pyridine rings is 1. The van der Waals surface area contributed by atoms with Crippen molar-refractivity contribution in [2.24, 2.45) is 5.92 Å². The quantitative estimate of drug-likeness (QED) is 0.296. The summed E-state index contributed by atoms with van der Waals surface area (Å²) in [5.41, 5.74) is 2.47. The Morgan fingerprint density at radius 1 is 1.14 bits per heavy atom. The normalized spacial score (nSPS) is 11.7. The molecular weight excluding hydrogens is 485 g/mol. The van der Waals surface area contributed by atoms with Gasteiger partial charge in [-0.2, -0.15) is 0 Å². The first-order chi connectivity index (χ1) is 17.7. The van der Waals surface area contributed by atoms with E-state index < -0.39 is 54.4 Å². The third-order valence-corrected chi connectivity index (χ3v) is 5.45. The number of esters is 1. The third kappa shape index (κ3) is 6.40. The van der Waals surface area contributed by atoms with Crippen LogP contribution in [-0.2, 0) is 19.1 Å². The summed E-state index contributed by atoms with van der Waals surface area (Å²) in [6.45, 7) is 2.76. The summed E-state index contributed by atoms with van der Waals surface area (Å²) < 4.78 is 18.9. The molecule has 11 nitrogen and oxygen atoms in total. The highest BCUT2D eigenvalue weighted by Crippen LogP contribution is 2.19. The summed E-state index contributed by atoms with van der Waals surface area (Å²) in [7, 11) is 0. The molecule has 3 rings (SSSR count). The molecule has 1 aromatic carbocycles. The van der Waals surface area contributed by atoms with E-state index in [9.17, 15) is 28.4 Å². The molecule has 0 aliphatic carbocycles. The number of nitrogens with zero attached hydrogens (tertiary/aromatic N) is 2. The molecule has 2 aromatic heterocycles. The van der Waals surface area contributed by atoms with E-state index in [1.54, 1.807) is 26.8 Å². The number of halogens is 1. The van der Waals surface area contributed by atoms with Crippen LogP contribution in [0.5, 0.6) is 0 Å². The number of anilines is 1. The number of hydrazine groups is 1. The molecule has 3 aromatic rings. The van der Waals surface area contributed by atoms with Gasteiger partial charge in [-0.3, -0.25) is 29.4 Å². The number of aromatic nitrogens is 2. The average molecular weight is 514 g/mol. The number of carbonyl (C=O) groups excluding carboxylic acids is 4. The van der Waals surface area contributed by atoms with Crippen LogP contribution in [0.15, 0.2) is 53.5 Å². The van der Waals surface area contributed by atoms with Crippen LogP contribution >= 0.6 is 0 Å². The number of fused-ring (bicyclic) bond motifs is 1. The van der Waals surface area contributed by atoms with Crippen LogP contribution in [0.4, 0.5) is 10.1 Å². The number of nitrogens with one attached hydrogen (secondary N) is 3. The molecule has 196 valence electrons. The number of aromatic amines is 1. The standard InChI is InChI=1S/C25H28FN5O6/c1-4-37-21(33)14-31(20(32)13-26)29-24(35)22(15(2)3)30-11-7-10-18(25(30)36)28-23(34)19-12-16-8-5-6-9-17(16)27-19/h5-12,15,22,27H,4,13-14H2,1-3H3,(H,28,34)(H,29,35). The Morgan fingerprint density at radius 2 is 1.86 bits per heavy atom. The molecule has 2 heterocycles. The number of alkyl halides is 1. The molecule has 0 aliphatic rings. The van der Waals surface area contributed by atoms with Crippen LogP contribution < -0.4 is 16.3 Å². The fourth-order valence-electron chi connectivity index (χ4n) is 3.76. The Bertz CT molecular complexity index is 1330. The van der Waals surface area contributed by atoms with E-state index in [0.717, 1.165) is 15.5 Å². The molecule has 0 fully saturated rings. The number of benzene rings is 1. The lowest BCUT2D eigenvalue weighted by molar-refractivity contribution is -0.154. The molecule has 3 amide bonds. The summed E-state index contributed by atoms with van der Waals surface area (Å²) in [6, 6.07) is 10.7. The average Bonchev–Trinajstić information content (AvgIpc) is 3.30. The van der Waals surface area contributed by atoms with E-state index in [-0.39, 0.29) is 18.0 Å². The highest BCUT2D eigenvalue weighted by Gasteiger charge is 2.29. The van der Waals surface area contributed by atoms with E-state index in [0.29, 0.717) is 5.01 Å². The lowest BCUT2D eigenvalue weighted by Crippen LogP contribution is -2.53. The van der Waals surface area contributed by atoms with Crippen LogP contribution in [0.25, 0.3) is 10.9 Å². The van der Waals surface area contributed by atoms with Crippen LogP contribution in [0.3, 0.4) is 0 Å². The van der Waals surface area contributed by atoms with Crippen LogP contribution in [0.1, 0.15) is 37.3 Å². The van der Waals surface area contributed by atoms with Gasteiger partial charge in [0.1, 0.15) is 24.0 Å². The minimum atomic E-state index is -1.46. The van der Waals surface area contributed by atoms with Crippen molar-refractivity contribution < 1.29 is 28.3 Å². The molecule has 0 radical (unpaired) electrons. The molecule has 0 bridgehead atoms. The topological polar surface area (TPSA) is 143 Å². The minimum Gasteiger partial charge on any atom is -0.465 e. The summed E-state index contributed by atoms with van der Waals surface area (Å²) >= 11 is 0. The number of rotatable bonds is 9. The molecule has 0 saturated heterocycles. The first-order valence-electron chi connectivity index (χ1n) is 11.6. The van der Waals surface area contributed by atoms with Gasteiger partial charge in [0.2, 0.25) is 0 Å². The Labute approximate surface area is 211 Å². The van der Waals surface area contributed by atoms with Crippen molar-refractivity contribution in [2.45, 2.75) is 26.8 Å². The van der Waals surface area contributed by atoms with Crippen molar-refractivity contribution in [3.8, 4) is 0 Å². The Morgan fingerprint density at radius 3 is 2.51 bits per heavy atom. The van der Waals surface area contributed by atoms with Gasteiger partial charge in [-0.05, 0) is 37.1 Å². The zero-order chi connectivity index (χ0) is 27.1. The summed E-state index contributed by atoms with van der Waals surface area (Å²) in [5.74, 6) is -3.85. The summed E-state index contributed by atoms with van der Waals surface area (Å²) in [6.07, 6.45) is 1.36. The van der Waals surface area contributed by atoms with Gasteiger partial charge in [0.25, 0.3) is 23.3 Å². The fraction of sp³-hybridized carbons (Fsp3) is 0.320. The Kier molecular flexibility index (Phi) is 8.77. The predicted molar refractivity (Wildman–Crippen MR) is 133 cm³/mol. The number of H-pyrrole nitrogens is 1. The summed E-state index contributed by atoms with van der Waals surface area (Å²) in [5, 5.41) is 3.90. The van der Waals surface area contributed by atoms with Gasteiger partial charge in [-0.15, -0.1) is 0 Å². The SMILES string of the molecule is CCOC(=O)CN(NC(=O)C(C(C)C)n1cccc(NC(=O)c2cc3ccccc3[nH]2)c1=O)C(=O)CF. The highest BCUT2D eigenvalue weighted by atomic mass is 19.1. The second kappa shape index (κ2) is 12.0. The Balaban J connectivity index is 1.85. The largest absolute Gasteiger partial charge is 0.465 e. The van der Waals surface area contributed by atoms with Crippen LogP contribution in [0.2, 0.25) is 0 Å². The van der Waals surface area contributed by atoms with Crippen LogP contribution in [0, 0.1) is 5.92 Å². The van der Waals surface area contributed by atoms with Gasteiger partial charge in [-0.25, -0.2) is 9.40 Å². The van der Waals surface area contributed by atoms with Gasteiger partial charge < -0.3 is 19.6 Å². The molecule has 0 spiro atoms. The number of ether oxygens (including phenoxy) is 1. The van der Waals surface area contributed by atoms with E-state index in [1.807, 2.05) is 24.3 Å². The predicted octanol–water partition coefficient (Wildman–Crippen LogP) is 2.17. The van der Waals surface area contributed by atoms with Crippen molar-refractivity contribution >= 4 is 40.3 Å². The second-order valence-electron chi connectivity index (χ2n) is 8.44. The van der Waals surface area contributed by atoms with Gasteiger partial charge >= 0.3 is 5.97 Å². The number of hydrogen-bond acceptors (Lipinski definition) is 6. The summed E-state index contributed by atoms with van der Waals surface area (Å²) in [4.78, 5) is 65.9. The van der Waals surface area contributed by atoms with Crippen molar-refractivity contribution in [2.75, 3.05) is 25.1 Å². The molecule has 12 heteroatoms. The molecule has 1 atom stereocenters. The first kappa shape index (κ1) is 27.1. The van der Waals surface area contributed by atoms with Gasteiger partial charge in [-0.1, -0.05) is 32.0 Å². The van der Waals surface area contributed by atoms with E-state index >= 15 is 0 Å². The molecule has 0 saturated carbocycles. The van der Waals surface area contributed by atoms with E-state index in [4.69, 9.17) is 4.74 Å². The molecule has 37 heavy (non-hydrogen) atoms. The number of para-hydroxylation sites is 1. The van der Waals surface area contributed by atoms with Crippen molar-refractivity contribution in [1.29, 1.82) is 0 Å². The number of hydrogen-bond donors (Lipinski definition) is 3. The zero-order valence-corrected chi connectivity index (χ0v) is 20.6. The van der Waals surface area contributed by atoms with Gasteiger partial charge in [0.05, 0.1) is 6.61 Å². The maximum atomic E-state index is 13.2. The van der Waals surface area contributed by atoms with Crippen LogP contribution in [-0.4, -0.2) is 58.1 Å². The van der Waals surface area contributed by atoms with Gasteiger partial charge in [0, 0.05) is 17.1 Å². The highest BCUT2D eigenvalue weighted by molar-refractivity contribution is 6.05. The first-order valence-corrected chi connectivity index (χ1v) is 11.6. The maximum Gasteiger partial charge on any atom is 0.327 e. The maximum absolute atomic E-state index is 13.2. The third-order valence-electron chi connectivity index (χ3n) is 5.45. The molecule has 3 N–H and O–H groups in total. The second-order valence-corrected chi connectivity index (χ2v) is 8.44. The van der Waals surface area contributed by atoms with Crippen molar-refractivity contribution in [3.05, 3.63) is 64.7 Å². The smallest absolute Gasteiger partial charge is 0.327 e. The van der Waals surface area contributed by atoms with E-state index in [1.165, 1.54) is 18.3 Å². The van der Waals surface area contributed by atoms with Gasteiger partial charge in [0.15, 0.2) is 6.67 Å². The van der Waals surface area contributed by atoms with Crippen molar-refractivity contribution in [3.63, 3.8) is 0 Å². The fourth-order valence-corrected chi connectivity index (χ4v) is 3.76. The molecule has 1 unspecified atom stereocenters. The van der Waals surface area contributed by atoms with Crippen molar-refractivity contribution in [1.82, 2.24) is 20.0 Å². The lowest BCUT2D eigenvalue weighted by Gasteiger charge is -2.27. The monoisotopic (exact) mass is 513 g/mol. The Hall–Kier alpha value is -4.48. The van der Waals surface area contributed by atoms with E-state index in [2.05, 4.69) is 15.7 Å². The number of amides is 3. The minimum absolute atomic E-state index is 0.0332.